The molecule has 1 heterocycles. The summed E-state index contributed by atoms with van der Waals surface area (Å²) in [6.07, 6.45) is 3.26. The highest BCUT2D eigenvalue weighted by Gasteiger charge is 2.41. The van der Waals surface area contributed by atoms with Gasteiger partial charge in [-0.3, -0.25) is 10.1 Å². The van der Waals surface area contributed by atoms with Gasteiger partial charge in [-0.15, -0.1) is 0 Å². The minimum atomic E-state index is -0.00392. The lowest BCUT2D eigenvalue weighted by Crippen LogP contribution is -2.51. The summed E-state index contributed by atoms with van der Waals surface area (Å²) in [6.45, 7) is 11.7. The molecule has 1 amide bonds. The fourth-order valence-corrected chi connectivity index (χ4v) is 2.65. The maximum Gasteiger partial charge on any atom is 0.241 e. The van der Waals surface area contributed by atoms with Gasteiger partial charge in [0, 0.05) is 12.1 Å². The van der Waals surface area contributed by atoms with E-state index in [0.717, 1.165) is 25.8 Å². The largest absolute Gasteiger partial charge is 0.324 e. The van der Waals surface area contributed by atoms with Crippen LogP contribution in [0.2, 0.25) is 0 Å². The van der Waals surface area contributed by atoms with Crippen LogP contribution in [0.3, 0.4) is 0 Å². The van der Waals surface area contributed by atoms with Crippen LogP contribution in [0.25, 0.3) is 0 Å². The van der Waals surface area contributed by atoms with Crippen molar-refractivity contribution in [2.45, 2.75) is 71.6 Å². The molecule has 1 N–H and O–H groups in total. The summed E-state index contributed by atoms with van der Waals surface area (Å²) >= 11 is 0. The molecule has 4 heteroatoms. The van der Waals surface area contributed by atoms with E-state index in [2.05, 4.69) is 63.8 Å². The molecular formula is C16H33N3O. The Hall–Kier alpha value is -0.610. The lowest BCUT2D eigenvalue weighted by atomic mass is 10.0. The van der Waals surface area contributed by atoms with Crippen LogP contribution >= 0.6 is 0 Å². The van der Waals surface area contributed by atoms with Gasteiger partial charge in [-0.2, -0.15) is 0 Å². The van der Waals surface area contributed by atoms with E-state index in [1.807, 2.05) is 0 Å². The summed E-state index contributed by atoms with van der Waals surface area (Å²) in [5, 5.41) is 3.54. The smallest absolute Gasteiger partial charge is 0.241 e. The van der Waals surface area contributed by atoms with Crippen LogP contribution in [0, 0.1) is 5.92 Å². The fourth-order valence-electron chi connectivity index (χ4n) is 2.65. The number of amides is 1. The minimum Gasteiger partial charge on any atom is -0.324 e. The second-order valence-electron chi connectivity index (χ2n) is 7.33. The van der Waals surface area contributed by atoms with Crippen molar-refractivity contribution in [2.75, 3.05) is 20.6 Å². The highest BCUT2D eigenvalue weighted by Crippen LogP contribution is 2.23. The maximum absolute atomic E-state index is 12.7. The second kappa shape index (κ2) is 6.90. The third-order valence-corrected chi connectivity index (χ3v) is 4.39. The van der Waals surface area contributed by atoms with Gasteiger partial charge in [0.1, 0.15) is 0 Å². The molecule has 2 atom stereocenters. The van der Waals surface area contributed by atoms with Gasteiger partial charge in [0.15, 0.2) is 0 Å². The van der Waals surface area contributed by atoms with Crippen LogP contribution in [0.5, 0.6) is 0 Å². The predicted molar refractivity (Wildman–Crippen MR) is 84.6 cm³/mol. The second-order valence-corrected chi connectivity index (χ2v) is 7.33. The molecule has 0 saturated carbocycles. The monoisotopic (exact) mass is 283 g/mol. The molecule has 1 rings (SSSR count). The summed E-state index contributed by atoms with van der Waals surface area (Å²) in [5.41, 5.74) is -0.00392. The van der Waals surface area contributed by atoms with Gasteiger partial charge in [-0.05, 0) is 46.7 Å². The van der Waals surface area contributed by atoms with Gasteiger partial charge in [0.25, 0.3) is 0 Å². The molecule has 1 saturated heterocycles. The topological polar surface area (TPSA) is 35.6 Å². The number of carbonyl (C=O) groups excluding carboxylic acids is 1. The normalized spacial score (nSPS) is 24.2. The van der Waals surface area contributed by atoms with E-state index < -0.39 is 0 Å². The van der Waals surface area contributed by atoms with E-state index in [4.69, 9.17) is 0 Å². The zero-order valence-electron chi connectivity index (χ0n) is 14.4. The highest BCUT2D eigenvalue weighted by molar-refractivity contribution is 5.84. The molecule has 1 fully saturated rings. The van der Waals surface area contributed by atoms with Crippen molar-refractivity contribution >= 4 is 5.91 Å². The summed E-state index contributed by atoms with van der Waals surface area (Å²) in [6, 6.07) is 0.00418. The van der Waals surface area contributed by atoms with Crippen molar-refractivity contribution in [3.05, 3.63) is 0 Å². The van der Waals surface area contributed by atoms with Crippen LogP contribution in [-0.2, 0) is 4.79 Å². The first kappa shape index (κ1) is 17.4. The van der Waals surface area contributed by atoms with Crippen molar-refractivity contribution < 1.29 is 4.79 Å². The van der Waals surface area contributed by atoms with E-state index in [0.29, 0.717) is 5.92 Å². The minimum absolute atomic E-state index is 0.00392. The average Bonchev–Trinajstić information content (AvgIpc) is 2.57. The summed E-state index contributed by atoms with van der Waals surface area (Å²) in [7, 11) is 4.16. The molecule has 4 nitrogen and oxygen atoms in total. The van der Waals surface area contributed by atoms with E-state index >= 15 is 0 Å². The zero-order chi connectivity index (χ0) is 15.5. The number of likely N-dealkylation sites (N-methyl/N-ethyl adjacent to an activating group) is 1. The first-order valence-corrected chi connectivity index (χ1v) is 7.93. The molecule has 1 aliphatic heterocycles. The van der Waals surface area contributed by atoms with E-state index in [1.165, 1.54) is 0 Å². The van der Waals surface area contributed by atoms with E-state index in [1.54, 1.807) is 0 Å². The first-order valence-electron chi connectivity index (χ1n) is 7.93. The van der Waals surface area contributed by atoms with Crippen molar-refractivity contribution in [3.8, 4) is 0 Å². The molecule has 0 radical (unpaired) electrons. The van der Waals surface area contributed by atoms with Crippen molar-refractivity contribution in [2.24, 2.45) is 5.92 Å². The Balaban J connectivity index is 2.81. The van der Waals surface area contributed by atoms with E-state index in [-0.39, 0.29) is 23.7 Å². The molecule has 0 aromatic carbocycles. The zero-order valence-corrected chi connectivity index (χ0v) is 14.4. The summed E-state index contributed by atoms with van der Waals surface area (Å²) < 4.78 is 0. The third kappa shape index (κ3) is 4.19. The molecule has 1 aliphatic rings. The average molecular weight is 283 g/mol. The van der Waals surface area contributed by atoms with Gasteiger partial charge in [-0.25, -0.2) is 0 Å². The van der Waals surface area contributed by atoms with Crippen LogP contribution in [0.15, 0.2) is 0 Å². The highest BCUT2D eigenvalue weighted by atomic mass is 16.2. The molecule has 0 spiro atoms. The van der Waals surface area contributed by atoms with Crippen molar-refractivity contribution in [1.82, 2.24) is 15.1 Å². The fraction of sp³-hybridized carbons (Fsp3) is 0.938. The Labute approximate surface area is 124 Å². The number of nitrogens with one attached hydrogen (secondary N) is 1. The molecule has 118 valence electrons. The molecule has 2 unspecified atom stereocenters. The Morgan fingerprint density at radius 1 is 1.35 bits per heavy atom. The number of hydrogen-bond donors (Lipinski definition) is 1. The summed E-state index contributed by atoms with van der Waals surface area (Å²) in [4.78, 5) is 16.9. The maximum atomic E-state index is 12.7. The Kier molecular flexibility index (Phi) is 6.02. The van der Waals surface area contributed by atoms with Crippen LogP contribution in [0.4, 0.5) is 0 Å². The number of carbonyl (C=O) groups is 1. The molecule has 0 bridgehead atoms. The lowest BCUT2D eigenvalue weighted by Gasteiger charge is -2.38. The van der Waals surface area contributed by atoms with Gasteiger partial charge in [0.2, 0.25) is 5.91 Å². The Morgan fingerprint density at radius 2 is 1.95 bits per heavy atom. The van der Waals surface area contributed by atoms with Crippen LogP contribution in [0.1, 0.15) is 53.9 Å². The van der Waals surface area contributed by atoms with E-state index in [9.17, 15) is 4.79 Å². The molecule has 20 heavy (non-hydrogen) atoms. The quantitative estimate of drug-likeness (QED) is 0.779. The van der Waals surface area contributed by atoms with Gasteiger partial charge < -0.3 is 9.80 Å². The SMILES string of the molecule is CCCC1NC(CC(C)C)C(=O)N1CC(C)(C)N(C)C. The molecule has 0 aliphatic carbocycles. The Morgan fingerprint density at radius 3 is 2.40 bits per heavy atom. The standard InChI is InChI=1S/C16H33N3O/c1-8-9-14-17-13(10-12(2)3)15(20)19(14)11-16(4,5)18(6)7/h12-14,17H,8-11H2,1-7H3. The van der Waals surface area contributed by atoms with Crippen molar-refractivity contribution in [3.63, 3.8) is 0 Å². The number of rotatable bonds is 7. The number of hydrogen-bond acceptors (Lipinski definition) is 3. The molecule has 0 aromatic rings. The third-order valence-electron chi connectivity index (χ3n) is 4.39. The Bertz CT molecular complexity index is 326. The van der Waals surface area contributed by atoms with Gasteiger partial charge in [-0.1, -0.05) is 27.2 Å². The molecular weight excluding hydrogens is 250 g/mol. The van der Waals surface area contributed by atoms with Crippen LogP contribution in [-0.4, -0.2) is 54.1 Å². The first-order chi connectivity index (χ1) is 9.19. The summed E-state index contributed by atoms with van der Waals surface area (Å²) in [5.74, 6) is 0.826. The molecule has 0 aromatic heterocycles. The predicted octanol–water partition coefficient (Wildman–Crippen LogP) is 2.30. The van der Waals surface area contributed by atoms with Gasteiger partial charge >= 0.3 is 0 Å². The van der Waals surface area contributed by atoms with Crippen LogP contribution < -0.4 is 5.32 Å². The van der Waals surface area contributed by atoms with Crippen molar-refractivity contribution in [1.29, 1.82) is 0 Å². The lowest BCUT2D eigenvalue weighted by molar-refractivity contribution is -0.131. The number of nitrogens with zero attached hydrogens (tertiary/aromatic N) is 2. The van der Waals surface area contributed by atoms with Gasteiger partial charge in [0.05, 0.1) is 12.2 Å².